The number of anilines is 1. The van der Waals surface area contributed by atoms with Gasteiger partial charge in [-0.1, -0.05) is 32.9 Å². The third-order valence-corrected chi connectivity index (χ3v) is 4.65. The number of rotatable bonds is 7. The molecule has 1 aromatic carbocycles. The van der Waals surface area contributed by atoms with Gasteiger partial charge in [-0.2, -0.15) is 0 Å². The average molecular weight is 355 g/mol. The molecule has 2 N–H and O–H groups in total. The van der Waals surface area contributed by atoms with Gasteiger partial charge in [-0.3, -0.25) is 0 Å². The number of nitrogens with zero attached hydrogens (tertiary/aromatic N) is 1. The van der Waals surface area contributed by atoms with E-state index in [-0.39, 0.29) is 5.69 Å². The van der Waals surface area contributed by atoms with Gasteiger partial charge in [0, 0.05) is 29.9 Å². The van der Waals surface area contributed by atoms with Crippen molar-refractivity contribution >= 4 is 22.8 Å². The number of nitrogens with one attached hydrogen (secondary N) is 2. The predicted octanol–water partition coefficient (Wildman–Crippen LogP) is 5.61. The number of aromatic amines is 1. The van der Waals surface area contributed by atoms with Gasteiger partial charge in [0.15, 0.2) is 11.6 Å². The van der Waals surface area contributed by atoms with E-state index in [1.54, 1.807) is 6.20 Å². The summed E-state index contributed by atoms with van der Waals surface area (Å²) in [4.78, 5) is 7.51. The molecular formula is C21H23F2N3. The number of hydrogen-bond donors (Lipinski definition) is 2. The van der Waals surface area contributed by atoms with Crippen LogP contribution in [0.3, 0.4) is 0 Å². The normalized spacial score (nSPS) is 11.1. The number of aryl methyl sites for hydroxylation is 2. The van der Waals surface area contributed by atoms with Gasteiger partial charge in [0.1, 0.15) is 11.3 Å². The molecule has 0 radical (unpaired) electrons. The summed E-state index contributed by atoms with van der Waals surface area (Å²) >= 11 is 0. The fourth-order valence-corrected chi connectivity index (χ4v) is 3.26. The second kappa shape index (κ2) is 7.68. The molecule has 0 aliphatic heterocycles. The zero-order valence-corrected chi connectivity index (χ0v) is 15.1. The summed E-state index contributed by atoms with van der Waals surface area (Å²) in [7, 11) is 0. The van der Waals surface area contributed by atoms with E-state index in [1.807, 2.05) is 19.2 Å². The van der Waals surface area contributed by atoms with E-state index in [4.69, 9.17) is 0 Å². The van der Waals surface area contributed by atoms with Crippen molar-refractivity contribution < 1.29 is 8.78 Å². The minimum absolute atomic E-state index is 0.101. The zero-order valence-electron chi connectivity index (χ0n) is 15.1. The van der Waals surface area contributed by atoms with Crippen LogP contribution >= 0.6 is 0 Å². The average Bonchev–Trinajstić information content (AvgIpc) is 3.12. The topological polar surface area (TPSA) is 40.7 Å². The highest BCUT2D eigenvalue weighted by molar-refractivity contribution is 5.80. The Morgan fingerprint density at radius 2 is 2.04 bits per heavy atom. The maximum absolute atomic E-state index is 14.6. The van der Waals surface area contributed by atoms with Crippen LogP contribution in [0, 0.1) is 11.6 Å². The molecule has 3 aromatic rings. The zero-order chi connectivity index (χ0) is 18.7. The molecule has 5 heteroatoms. The van der Waals surface area contributed by atoms with Crippen molar-refractivity contribution in [1.29, 1.82) is 0 Å². The second-order valence-electron chi connectivity index (χ2n) is 6.29. The van der Waals surface area contributed by atoms with Crippen molar-refractivity contribution in [2.24, 2.45) is 0 Å². The van der Waals surface area contributed by atoms with Crippen LogP contribution in [0.1, 0.15) is 42.5 Å². The summed E-state index contributed by atoms with van der Waals surface area (Å²) in [6.07, 6.45) is 7.38. The molecule has 0 spiro atoms. The fraction of sp³-hybridized carbons (Fsp3) is 0.286. The molecule has 0 aliphatic carbocycles. The molecule has 0 saturated heterocycles. The van der Waals surface area contributed by atoms with Crippen LogP contribution in [0.15, 0.2) is 31.1 Å². The molecule has 136 valence electrons. The van der Waals surface area contributed by atoms with Gasteiger partial charge in [0.25, 0.3) is 0 Å². The van der Waals surface area contributed by atoms with E-state index in [0.717, 1.165) is 35.0 Å². The standard InChI is InChI=1S/C21H23F2N3/c1-4-7-16-15(12-26-21-17(16)8-9-24-21)11-25-20-18(22)13(5-2)10-14(6-3)19(20)23/h5,8-10,12,25H,2,4,6-7,11H2,1,3H3,(H,24,26). The molecule has 0 atom stereocenters. The maximum atomic E-state index is 14.6. The Morgan fingerprint density at radius 3 is 2.73 bits per heavy atom. The lowest BCUT2D eigenvalue weighted by atomic mass is 10.0. The van der Waals surface area contributed by atoms with Crippen LogP contribution < -0.4 is 5.32 Å². The molecule has 0 fully saturated rings. The van der Waals surface area contributed by atoms with Crippen LogP contribution in [0.25, 0.3) is 17.1 Å². The van der Waals surface area contributed by atoms with E-state index in [2.05, 4.69) is 28.8 Å². The number of benzene rings is 1. The van der Waals surface area contributed by atoms with Gasteiger partial charge in [-0.15, -0.1) is 0 Å². The minimum Gasteiger partial charge on any atom is -0.376 e. The van der Waals surface area contributed by atoms with Gasteiger partial charge in [-0.25, -0.2) is 13.8 Å². The molecule has 2 aromatic heterocycles. The molecule has 2 heterocycles. The Hall–Kier alpha value is -2.69. The van der Waals surface area contributed by atoms with Crippen LogP contribution in [-0.2, 0) is 19.4 Å². The fourth-order valence-electron chi connectivity index (χ4n) is 3.26. The first-order valence-corrected chi connectivity index (χ1v) is 8.91. The number of fused-ring (bicyclic) bond motifs is 1. The lowest BCUT2D eigenvalue weighted by molar-refractivity contribution is 0.576. The van der Waals surface area contributed by atoms with Gasteiger partial charge in [0.05, 0.1) is 0 Å². The van der Waals surface area contributed by atoms with Gasteiger partial charge in [-0.05, 0) is 41.7 Å². The van der Waals surface area contributed by atoms with E-state index >= 15 is 0 Å². The molecule has 0 aliphatic rings. The van der Waals surface area contributed by atoms with E-state index < -0.39 is 11.6 Å². The number of aromatic nitrogens is 2. The minimum atomic E-state index is -0.609. The lowest BCUT2D eigenvalue weighted by Crippen LogP contribution is -2.09. The van der Waals surface area contributed by atoms with E-state index in [0.29, 0.717) is 24.1 Å². The van der Waals surface area contributed by atoms with Crippen molar-refractivity contribution in [2.75, 3.05) is 5.32 Å². The van der Waals surface area contributed by atoms with Gasteiger partial charge < -0.3 is 10.3 Å². The molecule has 0 bridgehead atoms. The van der Waals surface area contributed by atoms with Crippen LogP contribution in [0.5, 0.6) is 0 Å². The number of H-pyrrole nitrogens is 1. The van der Waals surface area contributed by atoms with Crippen LogP contribution in [0.2, 0.25) is 0 Å². The first-order chi connectivity index (χ1) is 12.6. The van der Waals surface area contributed by atoms with Crippen molar-refractivity contribution in [3.05, 3.63) is 65.0 Å². The van der Waals surface area contributed by atoms with E-state index in [1.165, 1.54) is 12.1 Å². The highest BCUT2D eigenvalue weighted by Crippen LogP contribution is 2.28. The van der Waals surface area contributed by atoms with Crippen molar-refractivity contribution in [2.45, 2.75) is 39.7 Å². The molecule has 0 unspecified atom stereocenters. The molecule has 0 amide bonds. The summed E-state index contributed by atoms with van der Waals surface area (Å²) in [5.41, 5.74) is 3.60. The monoisotopic (exact) mass is 355 g/mol. The molecule has 3 rings (SSSR count). The Kier molecular flexibility index (Phi) is 5.35. The third-order valence-electron chi connectivity index (χ3n) is 4.65. The number of halogens is 2. The van der Waals surface area contributed by atoms with Crippen molar-refractivity contribution in [1.82, 2.24) is 9.97 Å². The second-order valence-corrected chi connectivity index (χ2v) is 6.29. The smallest absolute Gasteiger partial charge is 0.156 e. The van der Waals surface area contributed by atoms with E-state index in [9.17, 15) is 8.78 Å². The van der Waals surface area contributed by atoms with Crippen molar-refractivity contribution in [3.8, 4) is 0 Å². The maximum Gasteiger partial charge on any atom is 0.156 e. The summed E-state index contributed by atoms with van der Waals surface area (Å²) < 4.78 is 29.3. The molecule has 26 heavy (non-hydrogen) atoms. The summed E-state index contributed by atoms with van der Waals surface area (Å²) in [5, 5.41) is 4.01. The Balaban J connectivity index is 1.98. The highest BCUT2D eigenvalue weighted by Gasteiger charge is 2.17. The summed E-state index contributed by atoms with van der Waals surface area (Å²) in [6, 6.07) is 3.50. The van der Waals surface area contributed by atoms with Crippen LogP contribution in [0.4, 0.5) is 14.5 Å². The highest BCUT2D eigenvalue weighted by atomic mass is 19.1. The molecular weight excluding hydrogens is 332 g/mol. The van der Waals surface area contributed by atoms with Crippen molar-refractivity contribution in [3.63, 3.8) is 0 Å². The molecule has 3 nitrogen and oxygen atoms in total. The predicted molar refractivity (Wildman–Crippen MR) is 103 cm³/mol. The Bertz CT molecular complexity index is 944. The van der Waals surface area contributed by atoms with Gasteiger partial charge in [0.2, 0.25) is 0 Å². The summed E-state index contributed by atoms with van der Waals surface area (Å²) in [5.74, 6) is -1.15. The lowest BCUT2D eigenvalue weighted by Gasteiger charge is -2.15. The Labute approximate surface area is 152 Å². The first kappa shape index (κ1) is 18.1. The first-order valence-electron chi connectivity index (χ1n) is 8.91. The summed E-state index contributed by atoms with van der Waals surface area (Å²) in [6.45, 7) is 7.88. The molecule has 0 saturated carbocycles. The third kappa shape index (κ3) is 3.21. The SMILES string of the molecule is C=Cc1cc(CC)c(F)c(NCc2cnc3[nH]ccc3c2CCC)c1F. The van der Waals surface area contributed by atoms with Crippen LogP contribution in [-0.4, -0.2) is 9.97 Å². The Morgan fingerprint density at radius 1 is 1.23 bits per heavy atom. The number of hydrogen-bond acceptors (Lipinski definition) is 2. The number of pyridine rings is 1. The largest absolute Gasteiger partial charge is 0.376 e. The quantitative estimate of drug-likeness (QED) is 0.578. The van der Waals surface area contributed by atoms with Gasteiger partial charge >= 0.3 is 0 Å².